The van der Waals surface area contributed by atoms with Gasteiger partial charge in [-0.1, -0.05) is 0 Å². The lowest BCUT2D eigenvalue weighted by Gasteiger charge is -2.25. The molecule has 4 heterocycles. The number of alkyl halides is 6. The molecule has 2 N–H and O–H groups in total. The molecule has 2 atom stereocenters. The van der Waals surface area contributed by atoms with Crippen molar-refractivity contribution in [2.24, 2.45) is 0 Å². The molecule has 2 aromatic heterocycles. The van der Waals surface area contributed by atoms with Crippen LogP contribution in [0.15, 0.2) is 47.5 Å². The van der Waals surface area contributed by atoms with Crippen molar-refractivity contribution in [3.05, 3.63) is 48.7 Å². The standard InChI is InChI=1S/C16H17N3O2.2C2HF3O2/c20-16-8-15-14(19(16)13-2-1-5-17-9-13)3-6-18(15)10-12-4-7-21-11-12;2*3-2(4,5)1(6)7/h1-2,4-5,7,9,11,14-15H,3,6,8,10H2;2*(H,6,7)/t14-,15+;;/m0../s1. The molecule has 9 nitrogen and oxygen atoms in total. The molecule has 0 radical (unpaired) electrons. The molecule has 0 bridgehead atoms. The van der Waals surface area contributed by atoms with Gasteiger partial charge in [0.25, 0.3) is 0 Å². The van der Waals surface area contributed by atoms with Gasteiger partial charge in [0.2, 0.25) is 5.91 Å². The number of likely N-dealkylation sites (tertiary alicyclic amines) is 1. The quantitative estimate of drug-likeness (QED) is 0.602. The molecule has 0 saturated carbocycles. The van der Waals surface area contributed by atoms with Crippen molar-refractivity contribution in [2.45, 2.75) is 43.8 Å². The van der Waals surface area contributed by atoms with Gasteiger partial charge >= 0.3 is 24.3 Å². The summed E-state index contributed by atoms with van der Waals surface area (Å²) in [7, 11) is 0. The number of carbonyl (C=O) groups is 3. The first-order valence-electron chi connectivity index (χ1n) is 9.79. The van der Waals surface area contributed by atoms with E-state index in [2.05, 4.69) is 9.88 Å². The smallest absolute Gasteiger partial charge is 0.475 e. The van der Waals surface area contributed by atoms with E-state index in [0.717, 1.165) is 25.2 Å². The Morgan fingerprint density at radius 3 is 2.11 bits per heavy atom. The lowest BCUT2D eigenvalue weighted by molar-refractivity contribution is -0.193. The highest BCUT2D eigenvalue weighted by molar-refractivity contribution is 5.97. The van der Waals surface area contributed by atoms with Crippen molar-refractivity contribution >= 4 is 23.5 Å². The number of fused-ring (bicyclic) bond motifs is 1. The molecule has 1 amide bonds. The number of anilines is 1. The minimum atomic E-state index is -5.08. The highest BCUT2D eigenvalue weighted by Crippen LogP contribution is 2.36. The maximum atomic E-state index is 12.4. The molecule has 2 aliphatic rings. The molecule has 0 unspecified atom stereocenters. The van der Waals surface area contributed by atoms with E-state index < -0.39 is 24.3 Å². The minimum Gasteiger partial charge on any atom is -0.475 e. The van der Waals surface area contributed by atoms with E-state index in [0.29, 0.717) is 12.5 Å². The van der Waals surface area contributed by atoms with Crippen LogP contribution < -0.4 is 4.90 Å². The van der Waals surface area contributed by atoms with Crippen LogP contribution in [0.5, 0.6) is 0 Å². The van der Waals surface area contributed by atoms with Gasteiger partial charge in [-0.2, -0.15) is 26.3 Å². The van der Waals surface area contributed by atoms with E-state index in [9.17, 15) is 31.1 Å². The number of hydrogen-bond acceptors (Lipinski definition) is 6. The van der Waals surface area contributed by atoms with Gasteiger partial charge < -0.3 is 19.5 Å². The fourth-order valence-corrected chi connectivity index (χ4v) is 3.57. The number of furan rings is 1. The normalized spacial score (nSPS) is 19.8. The molecule has 15 heteroatoms. The fraction of sp³-hybridized carbons (Fsp3) is 0.400. The van der Waals surface area contributed by atoms with Gasteiger partial charge in [-0.3, -0.25) is 14.7 Å². The number of aromatic nitrogens is 1. The Morgan fingerprint density at radius 2 is 1.66 bits per heavy atom. The van der Waals surface area contributed by atoms with E-state index in [-0.39, 0.29) is 11.9 Å². The lowest BCUT2D eigenvalue weighted by Crippen LogP contribution is -2.37. The molecule has 192 valence electrons. The summed E-state index contributed by atoms with van der Waals surface area (Å²) in [6, 6.07) is 6.41. The van der Waals surface area contributed by atoms with E-state index in [4.69, 9.17) is 24.2 Å². The van der Waals surface area contributed by atoms with Gasteiger partial charge in [-0.15, -0.1) is 0 Å². The predicted molar refractivity (Wildman–Crippen MR) is 105 cm³/mol. The van der Waals surface area contributed by atoms with Crippen LogP contribution >= 0.6 is 0 Å². The summed E-state index contributed by atoms with van der Waals surface area (Å²) in [6.45, 7) is 1.87. The van der Waals surface area contributed by atoms with E-state index in [1.807, 2.05) is 23.1 Å². The van der Waals surface area contributed by atoms with E-state index in [1.165, 1.54) is 5.56 Å². The van der Waals surface area contributed by atoms with E-state index in [1.54, 1.807) is 24.9 Å². The number of nitrogens with zero attached hydrogens (tertiary/aromatic N) is 3. The SMILES string of the molecule is O=C(O)C(F)(F)F.O=C(O)C(F)(F)F.O=C1C[C@@H]2[C@H](CCN2Cc2ccoc2)N1c1cccnc1. The Hall–Kier alpha value is -3.62. The first-order valence-corrected chi connectivity index (χ1v) is 9.79. The second-order valence-electron chi connectivity index (χ2n) is 7.31. The summed E-state index contributed by atoms with van der Waals surface area (Å²) >= 11 is 0. The first-order chi connectivity index (χ1) is 16.2. The van der Waals surface area contributed by atoms with Gasteiger partial charge in [-0.05, 0) is 24.6 Å². The summed E-state index contributed by atoms with van der Waals surface area (Å²) in [5.74, 6) is -5.31. The number of pyridine rings is 1. The van der Waals surface area contributed by atoms with Crippen LogP contribution in [0.4, 0.5) is 32.0 Å². The van der Waals surface area contributed by atoms with Gasteiger partial charge in [0.15, 0.2) is 0 Å². The number of halogens is 6. The molecular formula is C20H19F6N3O6. The monoisotopic (exact) mass is 511 g/mol. The van der Waals surface area contributed by atoms with Crippen LogP contribution in [0.25, 0.3) is 0 Å². The first kappa shape index (κ1) is 27.6. The molecule has 0 spiro atoms. The molecule has 2 fully saturated rings. The van der Waals surface area contributed by atoms with Crippen molar-refractivity contribution in [2.75, 3.05) is 11.4 Å². The number of carbonyl (C=O) groups excluding carboxylic acids is 1. The minimum absolute atomic E-state index is 0.204. The molecule has 2 saturated heterocycles. The summed E-state index contributed by atoms with van der Waals surface area (Å²) in [5, 5.41) is 14.2. The van der Waals surface area contributed by atoms with Crippen LogP contribution in [0, 0.1) is 0 Å². The zero-order chi connectivity index (χ0) is 26.4. The third-order valence-electron chi connectivity index (χ3n) is 4.98. The van der Waals surface area contributed by atoms with Gasteiger partial charge in [0.05, 0.1) is 30.5 Å². The van der Waals surface area contributed by atoms with Gasteiger partial charge in [0.1, 0.15) is 0 Å². The summed E-state index contributed by atoms with van der Waals surface area (Å²) in [6.07, 6.45) is -1.56. The third kappa shape index (κ3) is 7.70. The Balaban J connectivity index is 0.000000257. The van der Waals surface area contributed by atoms with Crippen molar-refractivity contribution in [1.82, 2.24) is 9.88 Å². The number of aliphatic carboxylic acids is 2. The van der Waals surface area contributed by atoms with Gasteiger partial charge in [-0.25, -0.2) is 9.59 Å². The second kappa shape index (κ2) is 11.2. The number of carboxylic acids is 2. The predicted octanol–water partition coefficient (Wildman–Crippen LogP) is 3.32. The van der Waals surface area contributed by atoms with E-state index >= 15 is 0 Å². The molecule has 0 aromatic carbocycles. The van der Waals surface area contributed by atoms with Crippen LogP contribution in [-0.2, 0) is 20.9 Å². The maximum Gasteiger partial charge on any atom is 0.490 e. The maximum absolute atomic E-state index is 12.4. The Labute approximate surface area is 193 Å². The zero-order valence-electron chi connectivity index (χ0n) is 17.7. The topological polar surface area (TPSA) is 124 Å². The summed E-state index contributed by atoms with van der Waals surface area (Å²) < 4.78 is 68.6. The van der Waals surface area contributed by atoms with Crippen LogP contribution in [0.3, 0.4) is 0 Å². The summed E-state index contributed by atoms with van der Waals surface area (Å²) in [5.41, 5.74) is 2.09. The Morgan fingerprint density at radius 1 is 1.06 bits per heavy atom. The molecule has 2 aromatic rings. The van der Waals surface area contributed by atoms with Crippen LogP contribution in [-0.4, -0.2) is 68.9 Å². The molecule has 4 rings (SSSR count). The second-order valence-corrected chi connectivity index (χ2v) is 7.31. The van der Waals surface area contributed by atoms with Gasteiger partial charge in [0, 0.05) is 37.3 Å². The Kier molecular flexibility index (Phi) is 8.84. The highest BCUT2D eigenvalue weighted by atomic mass is 19.4. The number of hydrogen-bond donors (Lipinski definition) is 2. The largest absolute Gasteiger partial charge is 0.490 e. The number of carboxylic acid groups (broad SMARTS) is 2. The number of rotatable bonds is 3. The number of amides is 1. The highest BCUT2D eigenvalue weighted by Gasteiger charge is 2.47. The Bertz CT molecular complexity index is 973. The zero-order valence-corrected chi connectivity index (χ0v) is 17.7. The van der Waals surface area contributed by atoms with Crippen molar-refractivity contribution in [3.8, 4) is 0 Å². The molecule has 0 aliphatic carbocycles. The van der Waals surface area contributed by atoms with Crippen LogP contribution in [0.1, 0.15) is 18.4 Å². The average Bonchev–Trinajstić information content (AvgIpc) is 3.47. The lowest BCUT2D eigenvalue weighted by atomic mass is 10.1. The van der Waals surface area contributed by atoms with Crippen LogP contribution in [0.2, 0.25) is 0 Å². The summed E-state index contributed by atoms with van der Waals surface area (Å²) in [4.78, 5) is 38.6. The van der Waals surface area contributed by atoms with Crippen molar-refractivity contribution in [1.29, 1.82) is 0 Å². The molecule has 35 heavy (non-hydrogen) atoms. The fourth-order valence-electron chi connectivity index (χ4n) is 3.57. The molecular weight excluding hydrogens is 492 g/mol. The molecule has 2 aliphatic heterocycles. The van der Waals surface area contributed by atoms with Crippen molar-refractivity contribution < 1.29 is 55.4 Å². The average molecular weight is 511 g/mol. The van der Waals surface area contributed by atoms with Crippen molar-refractivity contribution in [3.63, 3.8) is 0 Å². The third-order valence-corrected chi connectivity index (χ3v) is 4.98.